The van der Waals surface area contributed by atoms with E-state index in [1.54, 1.807) is 30.3 Å². The van der Waals surface area contributed by atoms with E-state index in [-0.39, 0.29) is 10.6 Å². The Hall–Kier alpha value is -2.34. The fourth-order valence-electron chi connectivity index (χ4n) is 1.72. The van der Waals surface area contributed by atoms with Gasteiger partial charge in [0.2, 0.25) is 0 Å². The van der Waals surface area contributed by atoms with E-state index in [1.807, 2.05) is 6.92 Å². The lowest BCUT2D eigenvalue weighted by molar-refractivity contribution is 0.474. The average molecular weight is 304 g/mol. The second-order valence-electron chi connectivity index (χ2n) is 4.41. The van der Waals surface area contributed by atoms with Crippen LogP contribution in [0, 0.1) is 0 Å². The highest BCUT2D eigenvalue weighted by Crippen LogP contribution is 2.13. The molecule has 0 saturated carbocycles. The molecular formula is C15H16N2O3S. The maximum absolute atomic E-state index is 12.0. The zero-order chi connectivity index (χ0) is 15.3. The first kappa shape index (κ1) is 15.1. The average Bonchev–Trinajstić information content (AvgIpc) is 2.49. The molecule has 0 amide bonds. The third kappa shape index (κ3) is 3.82. The molecule has 2 aromatic carbocycles. The highest BCUT2D eigenvalue weighted by Gasteiger charge is 2.12. The second kappa shape index (κ2) is 6.41. The van der Waals surface area contributed by atoms with E-state index in [9.17, 15) is 13.5 Å². The number of benzene rings is 2. The van der Waals surface area contributed by atoms with Crippen molar-refractivity contribution < 1.29 is 13.5 Å². The number of rotatable bonds is 5. The Balaban J connectivity index is 2.12. The van der Waals surface area contributed by atoms with E-state index in [0.717, 1.165) is 12.0 Å². The monoisotopic (exact) mass is 304 g/mol. The van der Waals surface area contributed by atoms with Gasteiger partial charge < -0.3 is 5.11 Å². The summed E-state index contributed by atoms with van der Waals surface area (Å²) in [4.78, 5) is 2.27. The second-order valence-corrected chi connectivity index (χ2v) is 6.07. The van der Waals surface area contributed by atoms with Crippen LogP contribution in [0.1, 0.15) is 18.1 Å². The van der Waals surface area contributed by atoms with E-state index in [0.29, 0.717) is 5.56 Å². The molecule has 110 valence electrons. The van der Waals surface area contributed by atoms with Crippen molar-refractivity contribution in [1.82, 2.24) is 4.83 Å². The summed E-state index contributed by atoms with van der Waals surface area (Å²) < 4.78 is 24.0. The lowest BCUT2D eigenvalue weighted by Crippen LogP contribution is -2.18. The number of nitrogens with one attached hydrogen (secondary N) is 1. The van der Waals surface area contributed by atoms with Crippen LogP contribution in [0.5, 0.6) is 5.75 Å². The van der Waals surface area contributed by atoms with Crippen LogP contribution < -0.4 is 4.83 Å². The number of sulfonamides is 1. The van der Waals surface area contributed by atoms with Crippen molar-refractivity contribution >= 4 is 16.2 Å². The van der Waals surface area contributed by atoms with Crippen LogP contribution in [-0.2, 0) is 16.4 Å². The topological polar surface area (TPSA) is 78.8 Å². The standard InChI is InChI=1S/C15H16N2O3S/c1-2-12-7-9-14(10-8-12)21(19,20)17-16-11-13-5-3-4-6-15(13)18/h3-11,17-18H,2H2,1H3. The number of hydrogen-bond donors (Lipinski definition) is 2. The summed E-state index contributed by atoms with van der Waals surface area (Å²) in [6, 6.07) is 13.1. The molecule has 2 aromatic rings. The fraction of sp³-hybridized carbons (Fsp3) is 0.133. The molecule has 21 heavy (non-hydrogen) atoms. The number of hydrazone groups is 1. The van der Waals surface area contributed by atoms with Gasteiger partial charge in [-0.05, 0) is 36.2 Å². The molecule has 0 atom stereocenters. The van der Waals surface area contributed by atoms with Gasteiger partial charge in [0.15, 0.2) is 0 Å². The lowest BCUT2D eigenvalue weighted by Gasteiger charge is -2.04. The molecule has 0 heterocycles. The molecule has 0 aliphatic carbocycles. The largest absolute Gasteiger partial charge is 0.507 e. The van der Waals surface area contributed by atoms with Crippen LogP contribution >= 0.6 is 0 Å². The van der Waals surface area contributed by atoms with Gasteiger partial charge in [-0.15, -0.1) is 0 Å². The molecule has 0 bridgehead atoms. The van der Waals surface area contributed by atoms with E-state index in [2.05, 4.69) is 9.93 Å². The fourth-order valence-corrected chi connectivity index (χ4v) is 2.51. The van der Waals surface area contributed by atoms with Crippen LogP contribution in [0.15, 0.2) is 58.5 Å². The molecule has 0 saturated heterocycles. The lowest BCUT2D eigenvalue weighted by atomic mass is 10.2. The molecule has 0 unspecified atom stereocenters. The first-order valence-electron chi connectivity index (χ1n) is 6.45. The summed E-state index contributed by atoms with van der Waals surface area (Å²) >= 11 is 0. The Morgan fingerprint density at radius 1 is 1.14 bits per heavy atom. The molecule has 2 rings (SSSR count). The normalized spacial score (nSPS) is 11.7. The summed E-state index contributed by atoms with van der Waals surface area (Å²) in [6.07, 6.45) is 2.10. The molecular weight excluding hydrogens is 288 g/mol. The van der Waals surface area contributed by atoms with Crippen LogP contribution in [-0.4, -0.2) is 19.7 Å². The molecule has 0 radical (unpaired) electrons. The smallest absolute Gasteiger partial charge is 0.276 e. The summed E-state index contributed by atoms with van der Waals surface area (Å²) in [6.45, 7) is 2.00. The van der Waals surface area contributed by atoms with E-state index in [1.165, 1.54) is 24.4 Å². The predicted octanol–water partition coefficient (Wildman–Crippen LogP) is 2.27. The van der Waals surface area contributed by atoms with Crippen LogP contribution in [0.2, 0.25) is 0 Å². The van der Waals surface area contributed by atoms with E-state index in [4.69, 9.17) is 0 Å². The minimum atomic E-state index is -3.70. The Bertz CT molecular complexity index is 738. The highest BCUT2D eigenvalue weighted by molar-refractivity contribution is 7.89. The molecule has 0 fully saturated rings. The minimum Gasteiger partial charge on any atom is -0.507 e. The van der Waals surface area contributed by atoms with Crippen molar-refractivity contribution in [2.45, 2.75) is 18.2 Å². The van der Waals surface area contributed by atoms with Gasteiger partial charge in [-0.3, -0.25) is 0 Å². The molecule has 0 aromatic heterocycles. The van der Waals surface area contributed by atoms with Gasteiger partial charge in [-0.1, -0.05) is 31.2 Å². The number of nitrogens with zero attached hydrogens (tertiary/aromatic N) is 1. The maximum atomic E-state index is 12.0. The molecule has 6 heteroatoms. The molecule has 0 aliphatic rings. The number of hydrogen-bond acceptors (Lipinski definition) is 4. The summed E-state index contributed by atoms with van der Waals surface area (Å²) in [5.74, 6) is 0.0350. The van der Waals surface area contributed by atoms with Gasteiger partial charge in [0.05, 0.1) is 11.1 Å². The molecule has 2 N–H and O–H groups in total. The number of aryl methyl sites for hydroxylation is 1. The van der Waals surface area contributed by atoms with Crippen molar-refractivity contribution in [3.8, 4) is 5.75 Å². The minimum absolute atomic E-state index is 0.0350. The number of phenolic OH excluding ortho intramolecular Hbond substituents is 1. The SMILES string of the molecule is CCc1ccc(S(=O)(=O)NN=Cc2ccccc2O)cc1. The van der Waals surface area contributed by atoms with E-state index < -0.39 is 10.0 Å². The third-order valence-corrected chi connectivity index (χ3v) is 4.19. The van der Waals surface area contributed by atoms with Gasteiger partial charge in [0, 0.05) is 5.56 Å². The zero-order valence-corrected chi connectivity index (χ0v) is 12.3. The highest BCUT2D eigenvalue weighted by atomic mass is 32.2. The number of para-hydroxylation sites is 1. The van der Waals surface area contributed by atoms with Gasteiger partial charge in [-0.25, -0.2) is 4.83 Å². The zero-order valence-electron chi connectivity index (χ0n) is 11.5. The summed E-state index contributed by atoms with van der Waals surface area (Å²) in [7, 11) is -3.70. The Labute approximate surface area is 124 Å². The van der Waals surface area contributed by atoms with Gasteiger partial charge >= 0.3 is 0 Å². The van der Waals surface area contributed by atoms with Crippen LogP contribution in [0.3, 0.4) is 0 Å². The van der Waals surface area contributed by atoms with Gasteiger partial charge in [0.25, 0.3) is 10.0 Å². The predicted molar refractivity (Wildman–Crippen MR) is 81.8 cm³/mol. The van der Waals surface area contributed by atoms with Crippen molar-refractivity contribution in [3.63, 3.8) is 0 Å². The summed E-state index contributed by atoms with van der Waals surface area (Å²) in [5.41, 5.74) is 1.49. The number of phenols is 1. The quantitative estimate of drug-likeness (QED) is 0.657. The first-order valence-corrected chi connectivity index (χ1v) is 7.93. The van der Waals surface area contributed by atoms with Crippen molar-refractivity contribution in [2.75, 3.05) is 0 Å². The molecule has 0 aliphatic heterocycles. The molecule has 5 nitrogen and oxygen atoms in total. The maximum Gasteiger partial charge on any atom is 0.276 e. The Morgan fingerprint density at radius 2 is 1.81 bits per heavy atom. The van der Waals surface area contributed by atoms with Crippen molar-refractivity contribution in [2.24, 2.45) is 5.10 Å². The Kier molecular flexibility index (Phi) is 4.59. The summed E-state index contributed by atoms with van der Waals surface area (Å²) in [5, 5.41) is 13.2. The van der Waals surface area contributed by atoms with Crippen LogP contribution in [0.25, 0.3) is 0 Å². The third-order valence-electron chi connectivity index (χ3n) is 2.96. The Morgan fingerprint density at radius 3 is 2.43 bits per heavy atom. The van der Waals surface area contributed by atoms with E-state index >= 15 is 0 Å². The van der Waals surface area contributed by atoms with Crippen LogP contribution in [0.4, 0.5) is 0 Å². The number of aromatic hydroxyl groups is 1. The van der Waals surface area contributed by atoms with Gasteiger partial charge in [-0.2, -0.15) is 13.5 Å². The molecule has 0 spiro atoms. The van der Waals surface area contributed by atoms with Crippen molar-refractivity contribution in [1.29, 1.82) is 0 Å². The first-order chi connectivity index (χ1) is 10.0. The van der Waals surface area contributed by atoms with Crippen molar-refractivity contribution in [3.05, 3.63) is 59.7 Å². The van der Waals surface area contributed by atoms with Gasteiger partial charge in [0.1, 0.15) is 5.75 Å².